The average Bonchev–Trinajstić information content (AvgIpc) is 3.46. The molecule has 1 heterocycles. The number of fused-ring (bicyclic) bond motifs is 6. The molecule has 9 rings (SSSR count). The largest absolute Gasteiger partial charge is 0.456 e. The van der Waals surface area contributed by atoms with Crippen LogP contribution in [0.15, 0.2) is 162 Å². The summed E-state index contributed by atoms with van der Waals surface area (Å²) in [4.78, 5) is 0. The maximum absolute atomic E-state index is 6.33. The van der Waals surface area contributed by atoms with Crippen molar-refractivity contribution in [2.45, 2.75) is 0 Å². The molecule has 0 radical (unpaired) electrons. The Kier molecular flexibility index (Phi) is 5.27. The predicted molar refractivity (Wildman–Crippen MR) is 183 cm³/mol. The lowest BCUT2D eigenvalue weighted by molar-refractivity contribution is 0.669. The van der Waals surface area contributed by atoms with Crippen LogP contribution in [-0.2, 0) is 0 Å². The van der Waals surface area contributed by atoms with Gasteiger partial charge in [-0.05, 0) is 83.9 Å². The Labute approximate surface area is 249 Å². The first-order chi connectivity index (χ1) is 21.3. The van der Waals surface area contributed by atoms with Gasteiger partial charge in [0.1, 0.15) is 11.2 Å². The Balaban J connectivity index is 1.40. The van der Waals surface area contributed by atoms with E-state index in [4.69, 9.17) is 4.42 Å². The van der Waals surface area contributed by atoms with E-state index >= 15 is 0 Å². The minimum absolute atomic E-state index is 0.914. The Bertz CT molecular complexity index is 2460. The zero-order valence-electron chi connectivity index (χ0n) is 23.4. The minimum Gasteiger partial charge on any atom is -0.456 e. The molecule has 0 aliphatic carbocycles. The van der Waals surface area contributed by atoms with Gasteiger partial charge in [-0.3, -0.25) is 0 Å². The van der Waals surface area contributed by atoms with Gasteiger partial charge >= 0.3 is 0 Å². The van der Waals surface area contributed by atoms with E-state index in [1.165, 1.54) is 65.7 Å². The molecule has 0 saturated carbocycles. The van der Waals surface area contributed by atoms with Crippen molar-refractivity contribution in [3.8, 4) is 33.4 Å². The molecule has 0 spiro atoms. The van der Waals surface area contributed by atoms with Crippen molar-refractivity contribution in [3.63, 3.8) is 0 Å². The first-order valence-corrected chi connectivity index (χ1v) is 14.8. The van der Waals surface area contributed by atoms with Gasteiger partial charge < -0.3 is 4.42 Å². The fraction of sp³-hybridized carbons (Fsp3) is 0. The quantitative estimate of drug-likeness (QED) is 0.201. The van der Waals surface area contributed by atoms with E-state index in [2.05, 4.69) is 152 Å². The maximum atomic E-state index is 6.33. The van der Waals surface area contributed by atoms with Crippen LogP contribution in [0.5, 0.6) is 0 Å². The molecule has 0 aliphatic heterocycles. The summed E-state index contributed by atoms with van der Waals surface area (Å²) < 4.78 is 6.33. The summed E-state index contributed by atoms with van der Waals surface area (Å²) in [5, 5.41) is 9.78. The van der Waals surface area contributed by atoms with Gasteiger partial charge in [0.05, 0.1) is 0 Å². The third-order valence-corrected chi connectivity index (χ3v) is 8.86. The van der Waals surface area contributed by atoms with Crippen molar-refractivity contribution in [2.75, 3.05) is 0 Å². The van der Waals surface area contributed by atoms with E-state index < -0.39 is 0 Å². The van der Waals surface area contributed by atoms with Crippen LogP contribution in [0.3, 0.4) is 0 Å². The SMILES string of the molecule is c1ccc(-c2c3ccccc3c(-c3cccc4oc5ccccc5c34)c3ccccc23)c(-c2ccc3ccccc3c2)c1. The standard InChI is InChI=1S/C42H26O/c1-2-13-28-26-29(25-24-27(28)12-1)30-14-3-4-15-31(30)40-32-16-5-7-18-34(32)41(35-19-8-6-17-33(35)40)37-21-11-23-39-42(37)36-20-9-10-22-38(36)43-39/h1-26H. The Morgan fingerprint density at radius 3 is 1.56 bits per heavy atom. The van der Waals surface area contributed by atoms with Crippen molar-refractivity contribution in [1.82, 2.24) is 0 Å². The molecule has 200 valence electrons. The van der Waals surface area contributed by atoms with Crippen LogP contribution in [0.2, 0.25) is 0 Å². The lowest BCUT2D eigenvalue weighted by atomic mass is 9.83. The highest BCUT2D eigenvalue weighted by Gasteiger charge is 2.21. The molecule has 0 saturated heterocycles. The molecule has 0 bridgehead atoms. The van der Waals surface area contributed by atoms with Gasteiger partial charge in [-0.1, -0.05) is 140 Å². The summed E-state index contributed by atoms with van der Waals surface area (Å²) >= 11 is 0. The summed E-state index contributed by atoms with van der Waals surface area (Å²) in [6.07, 6.45) is 0. The molecule has 0 amide bonds. The molecule has 43 heavy (non-hydrogen) atoms. The van der Waals surface area contributed by atoms with Crippen molar-refractivity contribution in [1.29, 1.82) is 0 Å². The van der Waals surface area contributed by atoms with Crippen molar-refractivity contribution in [2.24, 2.45) is 0 Å². The van der Waals surface area contributed by atoms with Crippen LogP contribution in [0, 0.1) is 0 Å². The second-order valence-electron chi connectivity index (χ2n) is 11.2. The number of benzene rings is 8. The number of hydrogen-bond acceptors (Lipinski definition) is 1. The van der Waals surface area contributed by atoms with Gasteiger partial charge in [0.15, 0.2) is 0 Å². The maximum Gasteiger partial charge on any atom is 0.136 e. The van der Waals surface area contributed by atoms with E-state index in [0.717, 1.165) is 21.9 Å². The average molecular weight is 547 g/mol. The van der Waals surface area contributed by atoms with Gasteiger partial charge in [-0.15, -0.1) is 0 Å². The topological polar surface area (TPSA) is 13.1 Å². The molecule has 1 aromatic heterocycles. The van der Waals surface area contributed by atoms with Crippen LogP contribution >= 0.6 is 0 Å². The third kappa shape index (κ3) is 3.65. The van der Waals surface area contributed by atoms with Crippen molar-refractivity contribution < 1.29 is 4.42 Å². The Hall–Kier alpha value is -5.66. The number of rotatable bonds is 3. The molecule has 1 nitrogen and oxygen atoms in total. The summed E-state index contributed by atoms with van der Waals surface area (Å²) in [6, 6.07) is 56.8. The highest BCUT2D eigenvalue weighted by atomic mass is 16.3. The molecular formula is C42H26O. The zero-order chi connectivity index (χ0) is 28.3. The smallest absolute Gasteiger partial charge is 0.136 e. The fourth-order valence-corrected chi connectivity index (χ4v) is 7.00. The third-order valence-electron chi connectivity index (χ3n) is 8.86. The molecule has 0 fully saturated rings. The Morgan fingerprint density at radius 1 is 0.326 bits per heavy atom. The van der Waals surface area contributed by atoms with E-state index in [9.17, 15) is 0 Å². The minimum atomic E-state index is 0.914. The van der Waals surface area contributed by atoms with Crippen molar-refractivity contribution >= 4 is 54.3 Å². The summed E-state index contributed by atoms with van der Waals surface area (Å²) in [5.74, 6) is 0. The molecular weight excluding hydrogens is 520 g/mol. The van der Waals surface area contributed by atoms with Crippen LogP contribution in [0.4, 0.5) is 0 Å². The van der Waals surface area contributed by atoms with Gasteiger partial charge in [-0.25, -0.2) is 0 Å². The summed E-state index contributed by atoms with van der Waals surface area (Å²) in [6.45, 7) is 0. The predicted octanol–water partition coefficient (Wildman–Crippen LogP) is 12.0. The molecule has 1 heteroatoms. The number of furan rings is 1. The van der Waals surface area contributed by atoms with Gasteiger partial charge in [-0.2, -0.15) is 0 Å². The molecule has 0 unspecified atom stereocenters. The van der Waals surface area contributed by atoms with E-state index in [1.807, 2.05) is 6.07 Å². The van der Waals surface area contributed by atoms with E-state index in [-0.39, 0.29) is 0 Å². The van der Waals surface area contributed by atoms with E-state index in [1.54, 1.807) is 0 Å². The molecule has 9 aromatic rings. The zero-order valence-corrected chi connectivity index (χ0v) is 23.4. The van der Waals surface area contributed by atoms with Gasteiger partial charge in [0, 0.05) is 10.8 Å². The normalized spacial score (nSPS) is 11.7. The fourth-order valence-electron chi connectivity index (χ4n) is 7.00. The molecule has 0 aliphatic rings. The van der Waals surface area contributed by atoms with Gasteiger partial charge in [0.2, 0.25) is 0 Å². The lowest BCUT2D eigenvalue weighted by Gasteiger charge is -2.20. The number of hydrogen-bond donors (Lipinski definition) is 0. The van der Waals surface area contributed by atoms with Crippen LogP contribution in [-0.4, -0.2) is 0 Å². The van der Waals surface area contributed by atoms with Gasteiger partial charge in [0.25, 0.3) is 0 Å². The van der Waals surface area contributed by atoms with Crippen LogP contribution in [0.25, 0.3) is 87.6 Å². The summed E-state index contributed by atoms with van der Waals surface area (Å²) in [5.41, 5.74) is 9.24. The highest BCUT2D eigenvalue weighted by Crippen LogP contribution is 2.48. The molecule has 0 N–H and O–H groups in total. The second kappa shape index (κ2) is 9.44. The summed E-state index contributed by atoms with van der Waals surface area (Å²) in [7, 11) is 0. The van der Waals surface area contributed by atoms with Crippen molar-refractivity contribution in [3.05, 3.63) is 158 Å². The van der Waals surface area contributed by atoms with Crippen LogP contribution in [0.1, 0.15) is 0 Å². The number of para-hydroxylation sites is 1. The lowest BCUT2D eigenvalue weighted by Crippen LogP contribution is -1.93. The Morgan fingerprint density at radius 2 is 0.837 bits per heavy atom. The molecule has 0 atom stereocenters. The first-order valence-electron chi connectivity index (χ1n) is 14.8. The second-order valence-corrected chi connectivity index (χ2v) is 11.2. The monoisotopic (exact) mass is 546 g/mol. The highest BCUT2D eigenvalue weighted by molar-refractivity contribution is 6.26. The van der Waals surface area contributed by atoms with Crippen LogP contribution < -0.4 is 0 Å². The first kappa shape index (κ1) is 24.0. The van der Waals surface area contributed by atoms with E-state index in [0.29, 0.717) is 0 Å². The molecule has 8 aromatic carbocycles.